The second-order valence-corrected chi connectivity index (χ2v) is 9.63. The molecule has 0 fully saturated rings. The van der Waals surface area contributed by atoms with Crippen LogP contribution in [0.15, 0.2) is 87.3 Å². The Hall–Kier alpha value is -2.88. The van der Waals surface area contributed by atoms with Crippen LogP contribution in [0.25, 0.3) is 0 Å². The molecule has 1 N–H and O–H groups in total. The van der Waals surface area contributed by atoms with Crippen LogP contribution >= 0.6 is 27.5 Å². The number of sulfonamides is 1. The first-order valence-electron chi connectivity index (χ1n) is 9.30. The molecule has 0 saturated carbocycles. The maximum Gasteiger partial charge on any atom is 0.264 e. The highest BCUT2D eigenvalue weighted by Gasteiger charge is 2.27. The van der Waals surface area contributed by atoms with E-state index in [2.05, 4.69) is 26.5 Å². The second kappa shape index (κ2) is 10.6. The van der Waals surface area contributed by atoms with Gasteiger partial charge in [-0.2, -0.15) is 5.10 Å². The number of anilines is 1. The molecule has 0 heterocycles. The lowest BCUT2D eigenvalue weighted by molar-refractivity contribution is -0.119. The van der Waals surface area contributed by atoms with E-state index in [-0.39, 0.29) is 10.6 Å². The first-order valence-corrected chi connectivity index (χ1v) is 11.9. The van der Waals surface area contributed by atoms with E-state index in [9.17, 15) is 13.2 Å². The Kier molecular flexibility index (Phi) is 7.89. The van der Waals surface area contributed by atoms with Gasteiger partial charge in [-0.15, -0.1) is 0 Å². The lowest BCUT2D eigenvalue weighted by atomic mass is 10.2. The molecule has 0 aliphatic rings. The normalized spacial score (nSPS) is 11.3. The molecule has 3 aromatic rings. The Labute approximate surface area is 199 Å². The number of hydrogen-bond acceptors (Lipinski definition) is 5. The largest absolute Gasteiger partial charge is 0.497 e. The number of halogens is 2. The first-order chi connectivity index (χ1) is 15.3. The van der Waals surface area contributed by atoms with Gasteiger partial charge in [0, 0.05) is 15.1 Å². The van der Waals surface area contributed by atoms with Gasteiger partial charge in [0.1, 0.15) is 12.3 Å². The number of nitrogens with one attached hydrogen (secondary N) is 1. The van der Waals surface area contributed by atoms with E-state index in [1.807, 2.05) is 24.3 Å². The maximum absolute atomic E-state index is 13.3. The number of amides is 1. The molecule has 32 heavy (non-hydrogen) atoms. The highest BCUT2D eigenvalue weighted by molar-refractivity contribution is 9.10. The van der Waals surface area contributed by atoms with Gasteiger partial charge >= 0.3 is 0 Å². The molecule has 0 atom stereocenters. The molecular formula is C22H19BrClN3O4S. The molecule has 3 aromatic carbocycles. The smallest absolute Gasteiger partial charge is 0.264 e. The molecule has 0 radical (unpaired) electrons. The van der Waals surface area contributed by atoms with Gasteiger partial charge < -0.3 is 4.74 Å². The fourth-order valence-corrected chi connectivity index (χ4v) is 4.65. The molecule has 0 aromatic heterocycles. The van der Waals surface area contributed by atoms with Crippen molar-refractivity contribution in [3.8, 4) is 5.75 Å². The summed E-state index contributed by atoms with van der Waals surface area (Å²) in [4.78, 5) is 12.6. The number of carbonyl (C=O) groups excluding carboxylic acids is 1. The molecule has 166 valence electrons. The number of methoxy groups -OCH3 is 1. The number of nitrogens with zero attached hydrogens (tertiary/aromatic N) is 2. The fraction of sp³-hybridized carbons (Fsp3) is 0.0909. The number of benzene rings is 3. The van der Waals surface area contributed by atoms with Gasteiger partial charge in [0.15, 0.2) is 0 Å². The van der Waals surface area contributed by atoms with Crippen molar-refractivity contribution >= 4 is 55.4 Å². The van der Waals surface area contributed by atoms with Crippen molar-refractivity contribution in [2.45, 2.75) is 4.90 Å². The van der Waals surface area contributed by atoms with E-state index in [0.29, 0.717) is 10.8 Å². The van der Waals surface area contributed by atoms with E-state index in [0.717, 1.165) is 14.3 Å². The topological polar surface area (TPSA) is 88.1 Å². The number of rotatable bonds is 8. The van der Waals surface area contributed by atoms with E-state index in [1.54, 1.807) is 12.1 Å². The number of ether oxygens (including phenoxy) is 1. The summed E-state index contributed by atoms with van der Waals surface area (Å²) in [6.07, 6.45) is 1.46. The minimum atomic E-state index is -4.06. The standard InChI is InChI=1S/C22H19BrClN3O4S/c1-31-19-10-12-20(13-11-19)32(29,30)27(18-8-6-17(24)7-9-18)15-22(28)26-25-14-16-4-2-3-5-21(16)23/h2-14H,15H2,1H3,(H,26,28)/b25-14+. The van der Waals surface area contributed by atoms with Crippen LogP contribution in [0.5, 0.6) is 5.75 Å². The van der Waals surface area contributed by atoms with Crippen LogP contribution < -0.4 is 14.5 Å². The summed E-state index contributed by atoms with van der Waals surface area (Å²) in [5.74, 6) is -0.0958. The van der Waals surface area contributed by atoms with Crippen molar-refractivity contribution in [1.29, 1.82) is 0 Å². The van der Waals surface area contributed by atoms with Crippen molar-refractivity contribution in [3.05, 3.63) is 87.9 Å². The molecule has 1 amide bonds. The Balaban J connectivity index is 1.85. The van der Waals surface area contributed by atoms with Gasteiger partial charge in [-0.3, -0.25) is 9.10 Å². The predicted octanol–water partition coefficient (Wildman–Crippen LogP) is 4.46. The number of hydrazone groups is 1. The molecule has 0 aliphatic carbocycles. The van der Waals surface area contributed by atoms with E-state index in [4.69, 9.17) is 16.3 Å². The summed E-state index contributed by atoms with van der Waals surface area (Å²) in [6, 6.07) is 19.4. The Morgan fingerprint density at radius 2 is 1.75 bits per heavy atom. The number of hydrogen-bond donors (Lipinski definition) is 1. The zero-order valence-electron chi connectivity index (χ0n) is 16.9. The monoisotopic (exact) mass is 535 g/mol. The van der Waals surface area contributed by atoms with Gasteiger partial charge in [0.25, 0.3) is 15.9 Å². The van der Waals surface area contributed by atoms with Gasteiger partial charge in [-0.1, -0.05) is 45.7 Å². The lowest BCUT2D eigenvalue weighted by Gasteiger charge is -2.23. The van der Waals surface area contributed by atoms with Crippen LogP contribution in [0.1, 0.15) is 5.56 Å². The van der Waals surface area contributed by atoms with Gasteiger partial charge in [0.2, 0.25) is 0 Å². The van der Waals surface area contributed by atoms with Crippen LogP contribution in [0.2, 0.25) is 5.02 Å². The summed E-state index contributed by atoms with van der Waals surface area (Å²) >= 11 is 9.33. The van der Waals surface area contributed by atoms with Gasteiger partial charge in [-0.05, 0) is 54.6 Å². The van der Waals surface area contributed by atoms with Crippen LogP contribution in [-0.4, -0.2) is 34.2 Å². The molecule has 7 nitrogen and oxygen atoms in total. The molecule has 3 rings (SSSR count). The zero-order valence-corrected chi connectivity index (χ0v) is 20.1. The van der Waals surface area contributed by atoms with Gasteiger partial charge in [0.05, 0.1) is 23.9 Å². The first kappa shape index (κ1) is 23.8. The van der Waals surface area contributed by atoms with E-state index < -0.39 is 22.5 Å². The molecule has 0 unspecified atom stereocenters. The summed E-state index contributed by atoms with van der Waals surface area (Å²) in [7, 11) is -2.57. The molecule has 0 bridgehead atoms. The van der Waals surface area contributed by atoms with Crippen LogP contribution in [-0.2, 0) is 14.8 Å². The third-order valence-electron chi connectivity index (χ3n) is 4.35. The average molecular weight is 537 g/mol. The molecule has 0 spiro atoms. The Morgan fingerprint density at radius 1 is 1.09 bits per heavy atom. The lowest BCUT2D eigenvalue weighted by Crippen LogP contribution is -2.39. The quantitative estimate of drug-likeness (QED) is 0.340. The summed E-state index contributed by atoms with van der Waals surface area (Å²) in [5, 5.41) is 4.37. The van der Waals surface area contributed by atoms with Crippen LogP contribution in [0, 0.1) is 0 Å². The third-order valence-corrected chi connectivity index (χ3v) is 7.11. The van der Waals surface area contributed by atoms with Crippen molar-refractivity contribution in [3.63, 3.8) is 0 Å². The Morgan fingerprint density at radius 3 is 2.38 bits per heavy atom. The predicted molar refractivity (Wildman–Crippen MR) is 129 cm³/mol. The van der Waals surface area contributed by atoms with Crippen molar-refractivity contribution in [2.75, 3.05) is 18.0 Å². The molecule has 10 heteroatoms. The van der Waals surface area contributed by atoms with Crippen LogP contribution in [0.4, 0.5) is 5.69 Å². The maximum atomic E-state index is 13.3. The van der Waals surface area contributed by atoms with E-state index >= 15 is 0 Å². The van der Waals surface area contributed by atoms with Crippen molar-refractivity contribution in [2.24, 2.45) is 5.10 Å². The minimum absolute atomic E-state index is 0.0118. The molecular weight excluding hydrogens is 518 g/mol. The zero-order chi connectivity index (χ0) is 23.1. The third kappa shape index (κ3) is 5.87. The summed E-state index contributed by atoms with van der Waals surface area (Å²) < 4.78 is 33.5. The second-order valence-electron chi connectivity index (χ2n) is 6.48. The van der Waals surface area contributed by atoms with E-state index in [1.165, 1.54) is 49.7 Å². The SMILES string of the molecule is COc1ccc(S(=O)(=O)N(CC(=O)N/N=C/c2ccccc2Br)c2ccc(Cl)cc2)cc1. The fourth-order valence-electron chi connectivity index (χ4n) is 2.72. The number of carbonyl (C=O) groups is 1. The summed E-state index contributed by atoms with van der Waals surface area (Å²) in [5.41, 5.74) is 3.41. The molecule has 0 saturated heterocycles. The average Bonchev–Trinajstić information content (AvgIpc) is 2.79. The van der Waals surface area contributed by atoms with Gasteiger partial charge in [-0.25, -0.2) is 13.8 Å². The summed E-state index contributed by atoms with van der Waals surface area (Å²) in [6.45, 7) is -0.483. The molecule has 0 aliphatic heterocycles. The minimum Gasteiger partial charge on any atom is -0.497 e. The van der Waals surface area contributed by atoms with Crippen molar-refractivity contribution < 1.29 is 17.9 Å². The highest BCUT2D eigenvalue weighted by Crippen LogP contribution is 2.26. The Bertz CT molecular complexity index is 1220. The van der Waals surface area contributed by atoms with Crippen LogP contribution in [0.3, 0.4) is 0 Å². The highest BCUT2D eigenvalue weighted by atomic mass is 79.9. The van der Waals surface area contributed by atoms with Crippen molar-refractivity contribution in [1.82, 2.24) is 5.43 Å².